The number of rotatable bonds is 11. The number of nitrogens with zero attached hydrogens (tertiary/aromatic N) is 2. The van der Waals surface area contributed by atoms with Crippen LogP contribution in [0, 0.1) is 11.7 Å². The van der Waals surface area contributed by atoms with Crippen molar-refractivity contribution in [3.63, 3.8) is 0 Å². The molecule has 7 aromatic rings. The van der Waals surface area contributed by atoms with E-state index < -0.39 is 11.1 Å². The van der Waals surface area contributed by atoms with Crippen molar-refractivity contribution in [3.8, 4) is 16.9 Å². The van der Waals surface area contributed by atoms with Crippen LogP contribution in [0.15, 0.2) is 176 Å². The Labute approximate surface area is 293 Å². The fraction of sp³-hybridized carbons (Fsp3) is 0.133. The molecular weight excluding hydrogens is 620 g/mol. The molecule has 0 saturated carbocycles. The van der Waals surface area contributed by atoms with Gasteiger partial charge in [0.15, 0.2) is 0 Å². The van der Waals surface area contributed by atoms with Crippen LogP contribution in [0.25, 0.3) is 11.1 Å². The van der Waals surface area contributed by atoms with Gasteiger partial charge < -0.3 is 14.4 Å². The molecule has 0 bridgehead atoms. The van der Waals surface area contributed by atoms with Crippen molar-refractivity contribution >= 4 is 0 Å². The van der Waals surface area contributed by atoms with Crippen molar-refractivity contribution in [2.45, 2.75) is 31.6 Å². The third-order valence-electron chi connectivity index (χ3n) is 9.58. The molecule has 1 aromatic heterocycles. The summed E-state index contributed by atoms with van der Waals surface area (Å²) in [5.41, 5.74) is 4.68. The minimum absolute atomic E-state index is 0.261. The van der Waals surface area contributed by atoms with E-state index in [-0.39, 0.29) is 11.7 Å². The zero-order chi connectivity index (χ0) is 34.6. The molecule has 1 atom stereocenters. The molecule has 0 radical (unpaired) electrons. The van der Waals surface area contributed by atoms with Gasteiger partial charge in [-0.2, -0.15) is 0 Å². The lowest BCUT2D eigenvalue weighted by Gasteiger charge is -2.37. The lowest BCUT2D eigenvalue weighted by molar-refractivity contribution is 0.0278. The molecule has 0 aliphatic rings. The summed E-state index contributed by atoms with van der Waals surface area (Å²) in [6.45, 7) is 4.36. The molecule has 6 aromatic carbocycles. The van der Waals surface area contributed by atoms with Crippen LogP contribution in [0.5, 0.6) is 5.75 Å². The van der Waals surface area contributed by atoms with Gasteiger partial charge in [-0.1, -0.05) is 153 Å². The fourth-order valence-electron chi connectivity index (χ4n) is 6.95. The van der Waals surface area contributed by atoms with Crippen molar-refractivity contribution in [2.24, 2.45) is 5.92 Å². The molecule has 5 heteroatoms. The number of hydrogen-bond acceptors (Lipinski definition) is 3. The molecule has 0 aliphatic carbocycles. The van der Waals surface area contributed by atoms with E-state index in [0.717, 1.165) is 33.4 Å². The SMILES string of the molecule is CC(C)C(O)(c1ccc(OCc2ccccc2)c(-c2ccc(F)cc2)c1)c1cn(C(c2ccccc2)(c2ccccc2)c2ccccc2)cn1. The Morgan fingerprint density at radius 1 is 0.660 bits per heavy atom. The zero-order valence-corrected chi connectivity index (χ0v) is 28.2. The van der Waals surface area contributed by atoms with E-state index in [4.69, 9.17) is 9.72 Å². The van der Waals surface area contributed by atoms with Gasteiger partial charge in [0, 0.05) is 11.8 Å². The maximum Gasteiger partial charge on any atom is 0.135 e. The summed E-state index contributed by atoms with van der Waals surface area (Å²) in [6.07, 6.45) is 3.80. The molecule has 50 heavy (non-hydrogen) atoms. The van der Waals surface area contributed by atoms with Crippen LogP contribution in [0.3, 0.4) is 0 Å². The average molecular weight is 659 g/mol. The molecule has 0 saturated heterocycles. The molecule has 0 amide bonds. The molecule has 4 nitrogen and oxygen atoms in total. The maximum absolute atomic E-state index is 14.1. The molecule has 1 unspecified atom stereocenters. The van der Waals surface area contributed by atoms with E-state index in [1.807, 2.05) is 93.1 Å². The predicted molar refractivity (Wildman–Crippen MR) is 197 cm³/mol. The van der Waals surface area contributed by atoms with Crippen molar-refractivity contribution in [1.82, 2.24) is 9.55 Å². The van der Waals surface area contributed by atoms with Crippen LogP contribution in [0.4, 0.5) is 4.39 Å². The Morgan fingerprint density at radius 3 is 1.70 bits per heavy atom. The highest BCUT2D eigenvalue weighted by atomic mass is 19.1. The first-order chi connectivity index (χ1) is 24.4. The van der Waals surface area contributed by atoms with E-state index in [1.54, 1.807) is 12.1 Å². The van der Waals surface area contributed by atoms with Crippen LogP contribution in [-0.4, -0.2) is 14.7 Å². The first-order valence-electron chi connectivity index (χ1n) is 16.9. The van der Waals surface area contributed by atoms with Crippen LogP contribution in [0.1, 0.15) is 47.4 Å². The normalized spacial score (nSPS) is 12.8. The number of hydrogen-bond donors (Lipinski definition) is 1. The predicted octanol–water partition coefficient (Wildman–Crippen LogP) is 10.0. The number of ether oxygens (including phenoxy) is 1. The fourth-order valence-corrected chi connectivity index (χ4v) is 6.95. The van der Waals surface area contributed by atoms with Crippen LogP contribution >= 0.6 is 0 Å². The summed E-state index contributed by atoms with van der Waals surface area (Å²) < 4.78 is 22.5. The number of benzene rings is 6. The maximum atomic E-state index is 14.1. The van der Waals surface area contributed by atoms with Gasteiger partial charge >= 0.3 is 0 Å². The standard InChI is InChI=1S/C45H39FN2O2/c1-33(2)45(49,39-25-28-42(50-31-34-15-7-3-8-16-34)41(29-39)35-23-26-40(46)27-24-35)43-30-48(32-47-43)44(36-17-9-4-10-18-36,37-19-11-5-12-20-37)38-21-13-6-14-22-38/h3-30,32-33,49H,31H2,1-2H3. The summed E-state index contributed by atoms with van der Waals surface area (Å²) in [6, 6.07) is 53.3. The van der Waals surface area contributed by atoms with Gasteiger partial charge in [0.1, 0.15) is 29.3 Å². The van der Waals surface area contributed by atoms with Gasteiger partial charge in [0.25, 0.3) is 0 Å². The highest BCUT2D eigenvalue weighted by molar-refractivity contribution is 5.72. The smallest absolute Gasteiger partial charge is 0.135 e. The van der Waals surface area contributed by atoms with Crippen molar-refractivity contribution in [1.29, 1.82) is 0 Å². The molecular formula is C45H39FN2O2. The van der Waals surface area contributed by atoms with Gasteiger partial charge in [-0.25, -0.2) is 9.37 Å². The molecule has 7 rings (SSSR count). The van der Waals surface area contributed by atoms with Gasteiger partial charge in [-0.3, -0.25) is 0 Å². The van der Waals surface area contributed by atoms with Gasteiger partial charge in [-0.15, -0.1) is 0 Å². The van der Waals surface area contributed by atoms with Gasteiger partial charge in [0.05, 0.1) is 12.0 Å². The molecule has 248 valence electrons. The Bertz CT molecular complexity index is 2050. The van der Waals surface area contributed by atoms with Crippen LogP contribution in [0.2, 0.25) is 0 Å². The highest BCUT2D eigenvalue weighted by Crippen LogP contribution is 2.44. The number of aromatic nitrogens is 2. The zero-order valence-electron chi connectivity index (χ0n) is 28.2. The molecule has 0 aliphatic heterocycles. The topological polar surface area (TPSA) is 47.3 Å². The monoisotopic (exact) mass is 658 g/mol. The quantitative estimate of drug-likeness (QED) is 0.141. The van der Waals surface area contributed by atoms with Gasteiger partial charge in [0.2, 0.25) is 0 Å². The van der Waals surface area contributed by atoms with E-state index in [2.05, 4.69) is 77.4 Å². The summed E-state index contributed by atoms with van der Waals surface area (Å²) >= 11 is 0. The summed E-state index contributed by atoms with van der Waals surface area (Å²) in [5, 5.41) is 12.9. The Balaban J connectivity index is 1.38. The lowest BCUT2D eigenvalue weighted by Crippen LogP contribution is -2.37. The van der Waals surface area contributed by atoms with Crippen molar-refractivity contribution in [3.05, 3.63) is 216 Å². The second-order valence-corrected chi connectivity index (χ2v) is 12.9. The summed E-state index contributed by atoms with van der Waals surface area (Å²) in [4.78, 5) is 4.97. The first-order valence-corrected chi connectivity index (χ1v) is 16.9. The average Bonchev–Trinajstić information content (AvgIpc) is 3.67. The number of aliphatic hydroxyl groups is 1. The highest BCUT2D eigenvalue weighted by Gasteiger charge is 2.42. The van der Waals surface area contributed by atoms with E-state index in [0.29, 0.717) is 23.6 Å². The van der Waals surface area contributed by atoms with Crippen molar-refractivity contribution < 1.29 is 14.2 Å². The molecule has 1 N–H and O–H groups in total. The van der Waals surface area contributed by atoms with Crippen LogP contribution < -0.4 is 4.74 Å². The van der Waals surface area contributed by atoms with E-state index in [9.17, 15) is 9.50 Å². The van der Waals surface area contributed by atoms with E-state index in [1.165, 1.54) is 12.1 Å². The third kappa shape index (κ3) is 6.01. The van der Waals surface area contributed by atoms with Crippen molar-refractivity contribution in [2.75, 3.05) is 0 Å². The summed E-state index contributed by atoms with van der Waals surface area (Å²) in [5.74, 6) is 0.0549. The first kappa shape index (κ1) is 32.8. The molecule has 1 heterocycles. The number of halogens is 1. The minimum Gasteiger partial charge on any atom is -0.488 e. The van der Waals surface area contributed by atoms with Crippen LogP contribution in [-0.2, 0) is 17.7 Å². The Morgan fingerprint density at radius 2 is 1.18 bits per heavy atom. The second kappa shape index (κ2) is 14.0. The Kier molecular flexibility index (Phi) is 9.16. The minimum atomic E-state index is -1.48. The lowest BCUT2D eigenvalue weighted by atomic mass is 9.76. The van der Waals surface area contributed by atoms with E-state index >= 15 is 0 Å². The summed E-state index contributed by atoms with van der Waals surface area (Å²) in [7, 11) is 0. The van der Waals surface area contributed by atoms with Gasteiger partial charge in [-0.05, 0) is 63.6 Å². The third-order valence-corrected chi connectivity index (χ3v) is 9.58. The largest absolute Gasteiger partial charge is 0.488 e. The second-order valence-electron chi connectivity index (χ2n) is 12.9. The molecule has 0 spiro atoms. The Hall–Kier alpha value is -5.78. The molecule has 0 fully saturated rings. The number of imidazole rings is 1.